The highest BCUT2D eigenvalue weighted by Crippen LogP contribution is 2.42. The van der Waals surface area contributed by atoms with Gasteiger partial charge in [-0.2, -0.15) is 0 Å². The number of amides is 1. The summed E-state index contributed by atoms with van der Waals surface area (Å²) in [5.74, 6) is -0.981. The number of nitrogens with zero attached hydrogens (tertiary/aromatic N) is 1. The fraction of sp³-hybridized carbons (Fsp3) is 0.212. The van der Waals surface area contributed by atoms with Crippen LogP contribution < -0.4 is 10.1 Å². The summed E-state index contributed by atoms with van der Waals surface area (Å²) >= 11 is 3.46. The molecule has 0 bridgehead atoms. The van der Waals surface area contributed by atoms with E-state index in [1.165, 1.54) is 6.07 Å². The molecule has 0 aromatic heterocycles. The number of ether oxygens (including phenoxy) is 2. The Kier molecular flexibility index (Phi) is 9.29. The Morgan fingerprint density at radius 1 is 1.00 bits per heavy atom. The van der Waals surface area contributed by atoms with Gasteiger partial charge >= 0.3 is 0 Å². The van der Waals surface area contributed by atoms with E-state index in [-0.39, 0.29) is 31.0 Å². The molecule has 1 aliphatic rings. The predicted octanol–water partition coefficient (Wildman–Crippen LogP) is 6.30. The molecule has 2 atom stereocenters. The number of rotatable bonds is 11. The van der Waals surface area contributed by atoms with E-state index in [1.807, 2.05) is 54.6 Å². The smallest absolute Gasteiger partial charge is 0.252 e. The lowest BCUT2D eigenvalue weighted by molar-refractivity contribution is -0.129. The lowest BCUT2D eigenvalue weighted by Crippen LogP contribution is -2.49. The van der Waals surface area contributed by atoms with Gasteiger partial charge in [-0.05, 0) is 53.6 Å². The van der Waals surface area contributed by atoms with Crippen molar-refractivity contribution in [3.63, 3.8) is 0 Å². The summed E-state index contributed by atoms with van der Waals surface area (Å²) in [7, 11) is 0. The molecule has 4 aromatic carbocycles. The molecule has 0 fully saturated rings. The number of nitrogens with one attached hydrogen (secondary N) is 1. The van der Waals surface area contributed by atoms with Crippen LogP contribution in [0.3, 0.4) is 0 Å². The van der Waals surface area contributed by atoms with Gasteiger partial charge in [0.15, 0.2) is 11.6 Å². The zero-order valence-electron chi connectivity index (χ0n) is 22.6. The number of hydrogen-bond donors (Lipinski definition) is 2. The van der Waals surface area contributed by atoms with Crippen molar-refractivity contribution in [1.82, 2.24) is 5.32 Å². The SMILES string of the molecule is O=C(NCc1ccc(F)cc1F)[C@]1(Cc2ccc(Br)cc2)N=C(c2ccc(OCCCO)cc2)O[C@@H]1c1ccccc1. The molecule has 42 heavy (non-hydrogen) atoms. The Labute approximate surface area is 251 Å². The molecule has 0 spiro atoms. The first-order chi connectivity index (χ1) is 20.4. The molecule has 5 rings (SSSR count). The van der Waals surface area contributed by atoms with Crippen LogP contribution in [0.25, 0.3) is 0 Å². The van der Waals surface area contributed by atoms with Crippen LogP contribution in [0.4, 0.5) is 8.78 Å². The Morgan fingerprint density at radius 3 is 2.43 bits per heavy atom. The second kappa shape index (κ2) is 13.3. The van der Waals surface area contributed by atoms with Gasteiger partial charge in [-0.3, -0.25) is 4.79 Å². The van der Waals surface area contributed by atoms with Gasteiger partial charge in [0.2, 0.25) is 5.90 Å². The van der Waals surface area contributed by atoms with Crippen molar-refractivity contribution in [3.8, 4) is 5.75 Å². The van der Waals surface area contributed by atoms with Crippen molar-refractivity contribution < 1.29 is 28.2 Å². The Balaban J connectivity index is 1.54. The first kappa shape index (κ1) is 29.4. The first-order valence-corrected chi connectivity index (χ1v) is 14.3. The largest absolute Gasteiger partial charge is 0.494 e. The van der Waals surface area contributed by atoms with Crippen molar-refractivity contribution in [2.24, 2.45) is 4.99 Å². The zero-order valence-corrected chi connectivity index (χ0v) is 24.2. The van der Waals surface area contributed by atoms with Gasteiger partial charge in [0.1, 0.15) is 17.4 Å². The zero-order chi connectivity index (χ0) is 29.5. The lowest BCUT2D eigenvalue weighted by atomic mass is 9.82. The molecule has 0 unspecified atom stereocenters. The number of carbonyl (C=O) groups is 1. The van der Waals surface area contributed by atoms with Crippen LogP contribution in [0.2, 0.25) is 0 Å². The topological polar surface area (TPSA) is 80.2 Å². The molecule has 0 radical (unpaired) electrons. The number of carbonyl (C=O) groups excluding carboxylic acids is 1. The predicted molar refractivity (Wildman–Crippen MR) is 159 cm³/mol. The lowest BCUT2D eigenvalue weighted by Gasteiger charge is -2.31. The molecule has 4 aromatic rings. The van der Waals surface area contributed by atoms with Crippen molar-refractivity contribution in [1.29, 1.82) is 0 Å². The maximum Gasteiger partial charge on any atom is 0.252 e. The highest BCUT2D eigenvalue weighted by molar-refractivity contribution is 9.10. The Bertz CT molecular complexity index is 1550. The van der Waals surface area contributed by atoms with Gasteiger partial charge in [-0.15, -0.1) is 0 Å². The van der Waals surface area contributed by atoms with E-state index in [1.54, 1.807) is 24.3 Å². The summed E-state index contributed by atoms with van der Waals surface area (Å²) in [5, 5.41) is 11.9. The molecule has 0 saturated heterocycles. The number of halogens is 3. The van der Waals surface area contributed by atoms with E-state index in [9.17, 15) is 13.6 Å². The average molecular weight is 636 g/mol. The summed E-state index contributed by atoms with van der Waals surface area (Å²) in [6.07, 6.45) is -0.0779. The van der Waals surface area contributed by atoms with Gasteiger partial charge in [-0.25, -0.2) is 13.8 Å². The quantitative estimate of drug-likeness (QED) is 0.190. The summed E-state index contributed by atoms with van der Waals surface area (Å²) in [5.41, 5.74) is 0.959. The molecule has 1 aliphatic heterocycles. The number of aliphatic imine (C=N–C) groups is 1. The molecular formula is C33H29BrF2N2O4. The molecule has 2 N–H and O–H groups in total. The first-order valence-electron chi connectivity index (χ1n) is 13.5. The molecule has 0 saturated carbocycles. The fourth-order valence-corrected chi connectivity index (χ4v) is 5.08. The van der Waals surface area contributed by atoms with Crippen LogP contribution in [-0.2, 0) is 22.5 Å². The maximum atomic E-state index is 14.4. The van der Waals surface area contributed by atoms with Gasteiger partial charge in [0.05, 0.1) is 6.61 Å². The summed E-state index contributed by atoms with van der Waals surface area (Å²) in [6, 6.07) is 27.4. The third-order valence-corrected chi connectivity index (χ3v) is 7.50. The van der Waals surface area contributed by atoms with E-state index in [0.717, 1.165) is 27.7 Å². The average Bonchev–Trinajstić information content (AvgIpc) is 3.39. The van der Waals surface area contributed by atoms with Crippen molar-refractivity contribution >= 4 is 27.7 Å². The standard InChI is InChI=1S/C33H29BrF2N2O4/c34-26-12-7-22(8-13-26)20-33(32(40)37-21-25-9-14-27(35)19-29(25)36)30(23-5-2-1-3-6-23)42-31(38-33)24-10-15-28(16-11-24)41-18-4-17-39/h1-3,5-16,19,30,39H,4,17-18,20-21H2,(H,37,40)/t30-,33-/m1/s1. The second-order valence-electron chi connectivity index (χ2n) is 9.92. The molecule has 6 nitrogen and oxygen atoms in total. The van der Waals surface area contributed by atoms with E-state index in [0.29, 0.717) is 24.3 Å². The number of aliphatic hydroxyl groups is 1. The highest BCUT2D eigenvalue weighted by Gasteiger charge is 2.53. The Hall–Kier alpha value is -4.08. The Morgan fingerprint density at radius 2 is 1.74 bits per heavy atom. The number of benzene rings is 4. The summed E-state index contributed by atoms with van der Waals surface area (Å²) < 4.78 is 41.0. The molecule has 0 aliphatic carbocycles. The van der Waals surface area contributed by atoms with E-state index in [2.05, 4.69) is 21.2 Å². The second-order valence-corrected chi connectivity index (χ2v) is 10.8. The molecule has 1 amide bonds. The molecule has 216 valence electrons. The highest BCUT2D eigenvalue weighted by atomic mass is 79.9. The number of aliphatic hydroxyl groups excluding tert-OH is 1. The third-order valence-electron chi connectivity index (χ3n) is 6.97. The van der Waals surface area contributed by atoms with Gasteiger partial charge < -0.3 is 19.9 Å². The van der Waals surface area contributed by atoms with Gasteiger partial charge in [0.25, 0.3) is 5.91 Å². The molecular weight excluding hydrogens is 606 g/mol. The van der Waals surface area contributed by atoms with Crippen LogP contribution in [0.5, 0.6) is 5.75 Å². The van der Waals surface area contributed by atoms with Crippen LogP contribution in [0.15, 0.2) is 107 Å². The molecule has 9 heteroatoms. The van der Waals surface area contributed by atoms with Crippen LogP contribution in [0.1, 0.15) is 34.8 Å². The summed E-state index contributed by atoms with van der Waals surface area (Å²) in [4.78, 5) is 19.2. The monoisotopic (exact) mass is 634 g/mol. The van der Waals surface area contributed by atoms with Crippen LogP contribution in [0, 0.1) is 11.6 Å². The van der Waals surface area contributed by atoms with Gasteiger partial charge in [0, 0.05) is 47.7 Å². The van der Waals surface area contributed by atoms with Crippen molar-refractivity contribution in [2.75, 3.05) is 13.2 Å². The van der Waals surface area contributed by atoms with Crippen LogP contribution >= 0.6 is 15.9 Å². The normalized spacial score (nSPS) is 17.8. The fourth-order valence-electron chi connectivity index (χ4n) is 4.82. The maximum absolute atomic E-state index is 14.4. The van der Waals surface area contributed by atoms with Crippen molar-refractivity contribution in [2.45, 2.75) is 31.0 Å². The minimum atomic E-state index is -1.45. The number of hydrogen-bond acceptors (Lipinski definition) is 5. The van der Waals surface area contributed by atoms with E-state index in [4.69, 9.17) is 19.6 Å². The molecule has 1 heterocycles. The van der Waals surface area contributed by atoms with E-state index >= 15 is 0 Å². The third kappa shape index (κ3) is 6.69. The minimum absolute atomic E-state index is 0.0416. The minimum Gasteiger partial charge on any atom is -0.494 e. The van der Waals surface area contributed by atoms with Crippen molar-refractivity contribution in [3.05, 3.63) is 135 Å². The van der Waals surface area contributed by atoms with E-state index < -0.39 is 29.2 Å². The van der Waals surface area contributed by atoms with Gasteiger partial charge in [-0.1, -0.05) is 64.5 Å². The summed E-state index contributed by atoms with van der Waals surface area (Å²) in [6.45, 7) is 0.272. The van der Waals surface area contributed by atoms with Crippen LogP contribution in [-0.4, -0.2) is 35.7 Å².